The highest BCUT2D eigenvalue weighted by Crippen LogP contribution is 2.39. The summed E-state index contributed by atoms with van der Waals surface area (Å²) < 4.78 is 20.6. The Morgan fingerprint density at radius 1 is 1.10 bits per heavy atom. The van der Waals surface area contributed by atoms with E-state index in [1.807, 2.05) is 0 Å². The van der Waals surface area contributed by atoms with Crippen LogP contribution in [0.1, 0.15) is 6.04 Å². The van der Waals surface area contributed by atoms with Crippen molar-refractivity contribution in [3.8, 4) is 11.3 Å². The highest BCUT2D eigenvalue weighted by molar-refractivity contribution is 7.99. The van der Waals surface area contributed by atoms with Gasteiger partial charge in [-0.3, -0.25) is 0 Å². The lowest BCUT2D eigenvalue weighted by atomic mass is 9.97. The summed E-state index contributed by atoms with van der Waals surface area (Å²) in [6, 6.07) is 9.88. The summed E-state index contributed by atoms with van der Waals surface area (Å²) in [5, 5.41) is 40.2. The van der Waals surface area contributed by atoms with Crippen molar-refractivity contribution in [2.24, 2.45) is 0 Å². The zero-order chi connectivity index (χ0) is 22.1. The average Bonchev–Trinajstić information content (AvgIpc) is 3.22. The van der Waals surface area contributed by atoms with Gasteiger partial charge in [0.15, 0.2) is 0 Å². The first-order valence-corrected chi connectivity index (χ1v) is 10.9. The maximum Gasteiger partial charge on any atom is 0.136 e. The van der Waals surface area contributed by atoms with Crippen LogP contribution in [0.3, 0.4) is 0 Å². The first-order valence-electron chi connectivity index (χ1n) is 9.29. The molecule has 4 rings (SSSR count). The van der Waals surface area contributed by atoms with Crippen LogP contribution in [0.2, 0.25) is 10.0 Å². The van der Waals surface area contributed by atoms with Gasteiger partial charge in [0, 0.05) is 10.5 Å². The van der Waals surface area contributed by atoms with Crippen LogP contribution < -0.4 is 0 Å². The van der Waals surface area contributed by atoms with Gasteiger partial charge in [0.25, 0.3) is 0 Å². The molecule has 1 fully saturated rings. The molecule has 3 aromatic rings. The van der Waals surface area contributed by atoms with E-state index >= 15 is 0 Å². The highest BCUT2D eigenvalue weighted by atomic mass is 35.5. The fourth-order valence-corrected chi connectivity index (χ4v) is 4.83. The first kappa shape index (κ1) is 22.5. The molecule has 0 spiro atoms. The van der Waals surface area contributed by atoms with Gasteiger partial charge in [0.05, 0.1) is 22.8 Å². The minimum atomic E-state index is -1.26. The Hall–Kier alpha value is -1.72. The number of rotatable bonds is 5. The smallest absolute Gasteiger partial charge is 0.136 e. The Kier molecular flexibility index (Phi) is 6.83. The number of halogens is 3. The third-order valence-electron chi connectivity index (χ3n) is 4.93. The number of aliphatic hydroxyl groups excluding tert-OH is 3. The molecule has 3 N–H and O–H groups in total. The van der Waals surface area contributed by atoms with Crippen LogP contribution in [-0.2, 0) is 4.74 Å². The zero-order valence-corrected chi connectivity index (χ0v) is 18.2. The number of aliphatic hydroxyl groups is 3. The van der Waals surface area contributed by atoms with E-state index in [4.69, 9.17) is 27.9 Å². The minimum Gasteiger partial charge on any atom is -0.394 e. The summed E-state index contributed by atoms with van der Waals surface area (Å²) in [7, 11) is 0. The van der Waals surface area contributed by atoms with Crippen molar-refractivity contribution in [3.63, 3.8) is 0 Å². The van der Waals surface area contributed by atoms with Gasteiger partial charge in [-0.05, 0) is 30.3 Å². The van der Waals surface area contributed by atoms with Gasteiger partial charge in [-0.25, -0.2) is 9.07 Å². The largest absolute Gasteiger partial charge is 0.394 e. The number of benzene rings is 2. The minimum absolute atomic E-state index is 0.350. The van der Waals surface area contributed by atoms with Gasteiger partial charge in [0.2, 0.25) is 0 Å². The monoisotopic (exact) mass is 485 g/mol. The standard InChI is InChI=1S/C20H18Cl2FN3O4S/c21-13-5-4-12(7-14(13)22)31-20-19(29)17(18(28)16(9-27)30-20)26-8-15(24-25-26)10-2-1-3-11(23)6-10/h1-8,16-20,27-29H,9H2/t16?,17?,18-,19?,20+/m0/s1. The van der Waals surface area contributed by atoms with E-state index in [0.717, 1.165) is 0 Å². The molecule has 0 amide bonds. The van der Waals surface area contributed by atoms with Crippen LogP contribution in [0.25, 0.3) is 11.3 Å². The number of nitrogens with zero attached hydrogens (tertiary/aromatic N) is 3. The Balaban J connectivity index is 1.62. The second-order valence-electron chi connectivity index (χ2n) is 6.99. The molecule has 1 aliphatic rings. The Morgan fingerprint density at radius 2 is 1.90 bits per heavy atom. The van der Waals surface area contributed by atoms with Crippen molar-refractivity contribution < 1.29 is 24.4 Å². The molecule has 0 aliphatic carbocycles. The van der Waals surface area contributed by atoms with Crippen molar-refractivity contribution >= 4 is 35.0 Å². The fourth-order valence-electron chi connectivity index (χ4n) is 3.36. The van der Waals surface area contributed by atoms with Crippen LogP contribution in [0.15, 0.2) is 53.6 Å². The molecule has 7 nitrogen and oxygen atoms in total. The van der Waals surface area contributed by atoms with E-state index in [9.17, 15) is 19.7 Å². The van der Waals surface area contributed by atoms with Crippen molar-refractivity contribution in [2.45, 2.75) is 34.7 Å². The molecule has 1 aromatic heterocycles. The molecular weight excluding hydrogens is 468 g/mol. The lowest BCUT2D eigenvalue weighted by Crippen LogP contribution is -2.55. The van der Waals surface area contributed by atoms with Crippen molar-refractivity contribution in [1.29, 1.82) is 0 Å². The third kappa shape index (κ3) is 4.73. The molecule has 2 heterocycles. The maximum atomic E-state index is 13.5. The van der Waals surface area contributed by atoms with E-state index in [2.05, 4.69) is 10.3 Å². The van der Waals surface area contributed by atoms with E-state index in [1.54, 1.807) is 30.3 Å². The Labute approximate surface area is 191 Å². The number of aromatic nitrogens is 3. The molecule has 3 unspecified atom stereocenters. The lowest BCUT2D eigenvalue weighted by molar-refractivity contribution is -0.178. The molecule has 5 atom stereocenters. The molecule has 2 aromatic carbocycles. The van der Waals surface area contributed by atoms with Crippen LogP contribution >= 0.6 is 35.0 Å². The normalized spacial score (nSPS) is 26.2. The molecule has 0 bridgehead atoms. The summed E-state index contributed by atoms with van der Waals surface area (Å²) in [4.78, 5) is 0.685. The molecule has 1 saturated heterocycles. The highest BCUT2D eigenvalue weighted by Gasteiger charge is 2.46. The summed E-state index contributed by atoms with van der Waals surface area (Å²) >= 11 is 13.2. The van der Waals surface area contributed by atoms with Crippen molar-refractivity contribution in [1.82, 2.24) is 15.0 Å². The number of thioether (sulfide) groups is 1. The van der Waals surface area contributed by atoms with Crippen LogP contribution in [-0.4, -0.2) is 60.7 Å². The van der Waals surface area contributed by atoms with Gasteiger partial charge < -0.3 is 20.1 Å². The molecular formula is C20H18Cl2FN3O4S. The number of hydrogen-bond donors (Lipinski definition) is 3. The van der Waals surface area contributed by atoms with E-state index < -0.39 is 42.2 Å². The van der Waals surface area contributed by atoms with E-state index in [1.165, 1.54) is 34.8 Å². The SMILES string of the molecule is OCC1O[C@H](Sc2ccc(Cl)c(Cl)c2)C(O)C(n2cc(-c3cccc(F)c3)nn2)[C@H]1O. The molecule has 0 radical (unpaired) electrons. The Bertz CT molecular complexity index is 1070. The molecule has 0 saturated carbocycles. The zero-order valence-electron chi connectivity index (χ0n) is 15.8. The summed E-state index contributed by atoms with van der Waals surface area (Å²) in [5.74, 6) is -0.420. The van der Waals surface area contributed by atoms with Crippen molar-refractivity contribution in [3.05, 3.63) is 64.5 Å². The van der Waals surface area contributed by atoms with Gasteiger partial charge in [0.1, 0.15) is 41.3 Å². The van der Waals surface area contributed by atoms with Crippen molar-refractivity contribution in [2.75, 3.05) is 6.61 Å². The van der Waals surface area contributed by atoms with Crippen LogP contribution in [0.5, 0.6) is 0 Å². The van der Waals surface area contributed by atoms with Gasteiger partial charge in [-0.2, -0.15) is 0 Å². The van der Waals surface area contributed by atoms with Crippen LogP contribution in [0.4, 0.5) is 4.39 Å². The quantitative estimate of drug-likeness (QED) is 0.510. The van der Waals surface area contributed by atoms with Gasteiger partial charge in [-0.1, -0.05) is 52.3 Å². The summed E-state index contributed by atoms with van der Waals surface area (Å²) in [5.41, 5.74) is 0.0342. The second-order valence-corrected chi connectivity index (χ2v) is 8.97. The summed E-state index contributed by atoms with van der Waals surface area (Å²) in [6.45, 7) is -0.464. The molecule has 31 heavy (non-hydrogen) atoms. The summed E-state index contributed by atoms with van der Waals surface area (Å²) in [6.07, 6.45) is -1.92. The van der Waals surface area contributed by atoms with Gasteiger partial charge >= 0.3 is 0 Å². The third-order valence-corrected chi connectivity index (χ3v) is 6.82. The van der Waals surface area contributed by atoms with Crippen LogP contribution in [0, 0.1) is 5.82 Å². The predicted octanol–water partition coefficient (Wildman–Crippen LogP) is 3.16. The second kappa shape index (κ2) is 9.41. The molecule has 11 heteroatoms. The van der Waals surface area contributed by atoms with Gasteiger partial charge in [-0.15, -0.1) is 5.10 Å². The maximum absolute atomic E-state index is 13.5. The number of hydrogen-bond acceptors (Lipinski definition) is 7. The van der Waals surface area contributed by atoms with E-state index in [0.29, 0.717) is 26.2 Å². The first-order chi connectivity index (χ1) is 14.9. The fraction of sp³-hybridized carbons (Fsp3) is 0.300. The van der Waals surface area contributed by atoms with E-state index in [-0.39, 0.29) is 0 Å². The average molecular weight is 486 g/mol. The lowest BCUT2D eigenvalue weighted by Gasteiger charge is -2.41. The topological polar surface area (TPSA) is 101 Å². The molecule has 1 aliphatic heterocycles. The Morgan fingerprint density at radius 3 is 2.61 bits per heavy atom. The molecule has 164 valence electrons. The predicted molar refractivity (Wildman–Crippen MR) is 115 cm³/mol. The number of ether oxygens (including phenoxy) is 1.